The molecule has 2 aromatic carbocycles. The Bertz CT molecular complexity index is 1070. The van der Waals surface area contributed by atoms with E-state index in [4.69, 9.17) is 11.6 Å². The standard InChI is InChI=1S/C22H18ClN3OS/c23-17-8-4-9-18(14-17)26-20(15-19(25-26)21-10-5-13-28-21)22(27)24-12-11-16-6-2-1-3-7-16/h1-10,13-15H,11-12H2,(H,24,27). The Balaban J connectivity index is 1.60. The van der Waals surface area contributed by atoms with Crippen molar-refractivity contribution in [2.45, 2.75) is 6.42 Å². The van der Waals surface area contributed by atoms with Crippen molar-refractivity contribution in [1.82, 2.24) is 15.1 Å². The zero-order valence-corrected chi connectivity index (χ0v) is 16.6. The SMILES string of the molecule is O=C(NCCc1ccccc1)c1cc(-c2cccs2)nn1-c1cccc(Cl)c1. The molecule has 0 atom stereocenters. The molecule has 0 fully saturated rings. The van der Waals surface area contributed by atoms with Crippen LogP contribution >= 0.6 is 22.9 Å². The summed E-state index contributed by atoms with van der Waals surface area (Å²) in [4.78, 5) is 13.9. The number of hydrogen-bond acceptors (Lipinski definition) is 3. The van der Waals surface area contributed by atoms with E-state index in [1.807, 2.05) is 53.9 Å². The summed E-state index contributed by atoms with van der Waals surface area (Å²) in [5.74, 6) is -0.161. The first-order valence-electron chi connectivity index (χ1n) is 8.93. The Morgan fingerprint density at radius 2 is 1.89 bits per heavy atom. The first-order valence-corrected chi connectivity index (χ1v) is 10.2. The van der Waals surface area contributed by atoms with Gasteiger partial charge in [0.2, 0.25) is 0 Å². The smallest absolute Gasteiger partial charge is 0.270 e. The van der Waals surface area contributed by atoms with Crippen LogP contribution in [0.5, 0.6) is 0 Å². The Morgan fingerprint density at radius 1 is 1.04 bits per heavy atom. The van der Waals surface area contributed by atoms with Gasteiger partial charge < -0.3 is 5.32 Å². The maximum atomic E-state index is 12.9. The quantitative estimate of drug-likeness (QED) is 0.476. The van der Waals surface area contributed by atoms with E-state index in [9.17, 15) is 4.79 Å². The van der Waals surface area contributed by atoms with Crippen LogP contribution in [0.4, 0.5) is 0 Å². The molecule has 2 heterocycles. The van der Waals surface area contributed by atoms with Crippen LogP contribution in [0.1, 0.15) is 16.1 Å². The molecule has 0 saturated heterocycles. The maximum Gasteiger partial charge on any atom is 0.270 e. The number of nitrogens with one attached hydrogen (secondary N) is 1. The van der Waals surface area contributed by atoms with E-state index in [0.29, 0.717) is 17.3 Å². The van der Waals surface area contributed by atoms with Gasteiger partial charge in [-0.05, 0) is 47.7 Å². The molecule has 0 spiro atoms. The number of amides is 1. The van der Waals surface area contributed by atoms with Crippen molar-refractivity contribution in [1.29, 1.82) is 0 Å². The zero-order chi connectivity index (χ0) is 19.3. The fourth-order valence-corrected chi connectivity index (χ4v) is 3.81. The van der Waals surface area contributed by atoms with E-state index >= 15 is 0 Å². The van der Waals surface area contributed by atoms with Gasteiger partial charge in [0, 0.05) is 11.6 Å². The summed E-state index contributed by atoms with van der Waals surface area (Å²) in [7, 11) is 0. The van der Waals surface area contributed by atoms with E-state index in [1.165, 1.54) is 5.56 Å². The third-order valence-corrected chi connectivity index (χ3v) is 5.44. The van der Waals surface area contributed by atoms with Gasteiger partial charge in [0.15, 0.2) is 0 Å². The van der Waals surface area contributed by atoms with Gasteiger partial charge in [-0.15, -0.1) is 11.3 Å². The molecule has 4 aromatic rings. The maximum absolute atomic E-state index is 12.9. The van der Waals surface area contributed by atoms with E-state index in [-0.39, 0.29) is 5.91 Å². The summed E-state index contributed by atoms with van der Waals surface area (Å²) in [6.45, 7) is 0.553. The molecule has 4 nitrogen and oxygen atoms in total. The lowest BCUT2D eigenvalue weighted by Crippen LogP contribution is -2.27. The number of halogens is 1. The lowest BCUT2D eigenvalue weighted by molar-refractivity contribution is 0.0946. The van der Waals surface area contributed by atoms with Crippen LogP contribution < -0.4 is 5.32 Å². The van der Waals surface area contributed by atoms with Crippen molar-refractivity contribution in [3.8, 4) is 16.3 Å². The van der Waals surface area contributed by atoms with Gasteiger partial charge in [-0.1, -0.05) is 54.1 Å². The molecule has 0 aliphatic carbocycles. The number of rotatable bonds is 6. The highest BCUT2D eigenvalue weighted by molar-refractivity contribution is 7.13. The van der Waals surface area contributed by atoms with E-state index in [0.717, 1.165) is 22.7 Å². The molecule has 0 aliphatic heterocycles. The summed E-state index contributed by atoms with van der Waals surface area (Å²) in [5, 5.41) is 10.3. The molecule has 1 amide bonds. The average molecular weight is 408 g/mol. The Hall–Kier alpha value is -2.89. The second kappa shape index (κ2) is 8.42. The molecule has 0 aliphatic rings. The van der Waals surface area contributed by atoms with Gasteiger partial charge in [-0.25, -0.2) is 4.68 Å². The van der Waals surface area contributed by atoms with Crippen LogP contribution in [0, 0.1) is 0 Å². The number of hydrogen-bond donors (Lipinski definition) is 1. The van der Waals surface area contributed by atoms with Gasteiger partial charge in [-0.3, -0.25) is 4.79 Å². The number of nitrogens with zero attached hydrogens (tertiary/aromatic N) is 2. The second-order valence-corrected chi connectivity index (χ2v) is 7.66. The lowest BCUT2D eigenvalue weighted by Gasteiger charge is -2.09. The predicted octanol–water partition coefficient (Wildman–Crippen LogP) is 5.23. The molecule has 2 aromatic heterocycles. The van der Waals surface area contributed by atoms with E-state index in [1.54, 1.807) is 28.2 Å². The topological polar surface area (TPSA) is 46.9 Å². The Morgan fingerprint density at radius 3 is 2.64 bits per heavy atom. The van der Waals surface area contributed by atoms with Crippen molar-refractivity contribution in [3.05, 3.63) is 94.5 Å². The number of aromatic nitrogens is 2. The van der Waals surface area contributed by atoms with E-state index < -0.39 is 0 Å². The highest BCUT2D eigenvalue weighted by atomic mass is 35.5. The minimum Gasteiger partial charge on any atom is -0.350 e. The molecule has 0 radical (unpaired) electrons. The van der Waals surface area contributed by atoms with Crippen LogP contribution in [-0.2, 0) is 6.42 Å². The molecule has 140 valence electrons. The van der Waals surface area contributed by atoms with Gasteiger partial charge in [0.05, 0.1) is 10.6 Å². The Kier molecular flexibility index (Phi) is 5.55. The van der Waals surface area contributed by atoms with Gasteiger partial charge in [-0.2, -0.15) is 5.10 Å². The van der Waals surface area contributed by atoms with Gasteiger partial charge >= 0.3 is 0 Å². The molecule has 0 bridgehead atoms. The highest BCUT2D eigenvalue weighted by Crippen LogP contribution is 2.26. The van der Waals surface area contributed by atoms with Crippen molar-refractivity contribution in [2.24, 2.45) is 0 Å². The molecular formula is C22H18ClN3OS. The van der Waals surface area contributed by atoms with Crippen molar-refractivity contribution < 1.29 is 4.79 Å². The van der Waals surface area contributed by atoms with Crippen LogP contribution in [0.3, 0.4) is 0 Å². The fourth-order valence-electron chi connectivity index (χ4n) is 2.95. The normalized spacial score (nSPS) is 10.8. The summed E-state index contributed by atoms with van der Waals surface area (Å²) in [6.07, 6.45) is 0.773. The van der Waals surface area contributed by atoms with Gasteiger partial charge in [0.25, 0.3) is 5.91 Å². The minimum atomic E-state index is -0.161. The average Bonchev–Trinajstić information content (AvgIpc) is 3.38. The fraction of sp³-hybridized carbons (Fsp3) is 0.0909. The highest BCUT2D eigenvalue weighted by Gasteiger charge is 2.18. The second-order valence-electron chi connectivity index (χ2n) is 6.28. The third kappa shape index (κ3) is 4.16. The van der Waals surface area contributed by atoms with Crippen LogP contribution in [0.15, 0.2) is 78.2 Å². The van der Waals surface area contributed by atoms with Crippen molar-refractivity contribution >= 4 is 28.8 Å². The van der Waals surface area contributed by atoms with Crippen LogP contribution in [0.2, 0.25) is 5.02 Å². The first kappa shape index (κ1) is 18.5. The number of thiophene rings is 1. The molecule has 0 unspecified atom stereocenters. The minimum absolute atomic E-state index is 0.161. The Labute approximate surface area is 172 Å². The lowest BCUT2D eigenvalue weighted by atomic mass is 10.1. The molecule has 28 heavy (non-hydrogen) atoms. The third-order valence-electron chi connectivity index (χ3n) is 4.31. The molecule has 4 rings (SSSR count). The first-order chi connectivity index (χ1) is 13.7. The number of carbonyl (C=O) groups is 1. The van der Waals surface area contributed by atoms with Crippen LogP contribution in [0.25, 0.3) is 16.3 Å². The zero-order valence-electron chi connectivity index (χ0n) is 15.0. The summed E-state index contributed by atoms with van der Waals surface area (Å²) in [5.41, 5.74) is 3.19. The predicted molar refractivity (Wildman–Crippen MR) is 114 cm³/mol. The van der Waals surface area contributed by atoms with Crippen LogP contribution in [-0.4, -0.2) is 22.2 Å². The van der Waals surface area contributed by atoms with E-state index in [2.05, 4.69) is 22.5 Å². The molecule has 1 N–H and O–H groups in total. The summed E-state index contributed by atoms with van der Waals surface area (Å²) < 4.78 is 1.65. The molecule has 0 saturated carbocycles. The van der Waals surface area contributed by atoms with Gasteiger partial charge in [0.1, 0.15) is 11.4 Å². The monoisotopic (exact) mass is 407 g/mol. The number of carbonyl (C=O) groups excluding carboxylic acids is 1. The summed E-state index contributed by atoms with van der Waals surface area (Å²) in [6, 6.07) is 23.2. The summed E-state index contributed by atoms with van der Waals surface area (Å²) >= 11 is 7.73. The molecule has 6 heteroatoms. The largest absolute Gasteiger partial charge is 0.350 e. The molecular weight excluding hydrogens is 390 g/mol. The van der Waals surface area contributed by atoms with Crippen molar-refractivity contribution in [2.75, 3.05) is 6.54 Å². The number of benzene rings is 2. The van der Waals surface area contributed by atoms with Crippen molar-refractivity contribution in [3.63, 3.8) is 0 Å².